The lowest BCUT2D eigenvalue weighted by molar-refractivity contribution is 0.586. The van der Waals surface area contributed by atoms with Crippen LogP contribution in [-0.4, -0.2) is 35.9 Å². The van der Waals surface area contributed by atoms with Crippen LogP contribution in [0.25, 0.3) is 0 Å². The molecule has 1 aromatic carbocycles. The smallest absolute Gasteiger partial charge is 0.152 e. The summed E-state index contributed by atoms with van der Waals surface area (Å²) in [7, 11) is -2.99. The quantitative estimate of drug-likeness (QED) is 0.887. The summed E-state index contributed by atoms with van der Waals surface area (Å²) in [5.74, 6) is -0.435. The van der Waals surface area contributed by atoms with Crippen molar-refractivity contribution < 1.29 is 17.2 Å². The van der Waals surface area contributed by atoms with Gasteiger partial charge in [0.15, 0.2) is 9.84 Å². The second-order valence-electron chi connectivity index (χ2n) is 5.28. The first-order valence-electron chi connectivity index (χ1n) is 6.92. The van der Waals surface area contributed by atoms with E-state index in [0.29, 0.717) is 18.1 Å². The number of rotatable bonds is 4. The zero-order valence-corrected chi connectivity index (χ0v) is 12.8. The Morgan fingerprint density at radius 3 is 2.61 bits per heavy atom. The van der Waals surface area contributed by atoms with Crippen molar-refractivity contribution in [3.63, 3.8) is 0 Å². The maximum absolute atomic E-state index is 13.6. The number of hydrogen-bond donors (Lipinski definition) is 2. The minimum Gasteiger partial charge on any atom is -0.366 e. The third-order valence-corrected chi connectivity index (χ3v) is 5.21. The van der Waals surface area contributed by atoms with Gasteiger partial charge in [-0.3, -0.25) is 0 Å². The van der Waals surface area contributed by atoms with Crippen LogP contribution in [0.1, 0.15) is 6.42 Å². The van der Waals surface area contributed by atoms with Crippen molar-refractivity contribution in [2.75, 3.05) is 22.1 Å². The zero-order chi connectivity index (χ0) is 16.4. The van der Waals surface area contributed by atoms with Gasteiger partial charge in [0.05, 0.1) is 17.2 Å². The molecule has 1 aromatic heterocycles. The summed E-state index contributed by atoms with van der Waals surface area (Å²) in [6, 6.07) is 4.50. The van der Waals surface area contributed by atoms with E-state index in [9.17, 15) is 17.2 Å². The molecule has 0 spiro atoms. The van der Waals surface area contributed by atoms with E-state index in [0.717, 1.165) is 12.1 Å². The van der Waals surface area contributed by atoms with E-state index < -0.39 is 21.5 Å². The average Bonchev–Trinajstić information content (AvgIpc) is 2.81. The maximum Gasteiger partial charge on any atom is 0.152 e. The first-order chi connectivity index (χ1) is 10.9. The Bertz CT molecular complexity index is 829. The molecule has 1 aliphatic rings. The standard InChI is InChI=1S/C14H14F2N4O2S/c15-9-1-2-12(11(16)5-9)20-14-6-13(17-8-18-14)19-10-3-4-23(21,22)7-10/h1-2,5-6,8,10H,3-4,7H2,(H2,17,18,19,20). The SMILES string of the molecule is O=S1(=O)CCC(Nc2cc(Nc3ccc(F)cc3F)ncn2)C1. The van der Waals surface area contributed by atoms with Crippen LogP contribution in [0.5, 0.6) is 0 Å². The third kappa shape index (κ3) is 3.92. The van der Waals surface area contributed by atoms with Gasteiger partial charge in [-0.25, -0.2) is 27.2 Å². The third-order valence-electron chi connectivity index (χ3n) is 3.45. The van der Waals surface area contributed by atoms with Crippen LogP contribution in [0.15, 0.2) is 30.6 Å². The molecular formula is C14H14F2N4O2S. The highest BCUT2D eigenvalue weighted by atomic mass is 32.2. The van der Waals surface area contributed by atoms with Crippen LogP contribution in [-0.2, 0) is 9.84 Å². The number of nitrogens with one attached hydrogen (secondary N) is 2. The fourth-order valence-corrected chi connectivity index (χ4v) is 4.02. The second-order valence-corrected chi connectivity index (χ2v) is 7.51. The summed E-state index contributed by atoms with van der Waals surface area (Å²) in [4.78, 5) is 7.98. The Labute approximate surface area is 131 Å². The van der Waals surface area contributed by atoms with E-state index in [2.05, 4.69) is 20.6 Å². The van der Waals surface area contributed by atoms with E-state index in [-0.39, 0.29) is 23.2 Å². The molecular weight excluding hydrogens is 326 g/mol. The lowest BCUT2D eigenvalue weighted by Crippen LogP contribution is -2.21. The lowest BCUT2D eigenvalue weighted by Gasteiger charge is -2.12. The van der Waals surface area contributed by atoms with E-state index >= 15 is 0 Å². The molecule has 1 atom stereocenters. The van der Waals surface area contributed by atoms with Gasteiger partial charge in [0.25, 0.3) is 0 Å². The van der Waals surface area contributed by atoms with Gasteiger partial charge in [-0.2, -0.15) is 0 Å². The first kappa shape index (κ1) is 15.6. The van der Waals surface area contributed by atoms with Gasteiger partial charge in [0.1, 0.15) is 29.6 Å². The highest BCUT2D eigenvalue weighted by Gasteiger charge is 2.27. The van der Waals surface area contributed by atoms with Crippen molar-refractivity contribution in [1.82, 2.24) is 9.97 Å². The van der Waals surface area contributed by atoms with Crippen molar-refractivity contribution in [1.29, 1.82) is 0 Å². The molecule has 6 nitrogen and oxygen atoms in total. The molecule has 23 heavy (non-hydrogen) atoms. The van der Waals surface area contributed by atoms with Crippen molar-refractivity contribution in [2.24, 2.45) is 0 Å². The molecule has 1 fully saturated rings. The molecule has 9 heteroatoms. The molecule has 0 bridgehead atoms. The Hall–Kier alpha value is -2.29. The Balaban J connectivity index is 1.72. The fraction of sp³-hybridized carbons (Fsp3) is 0.286. The molecule has 0 amide bonds. The lowest BCUT2D eigenvalue weighted by atomic mass is 10.2. The summed E-state index contributed by atoms with van der Waals surface area (Å²) in [6.45, 7) is 0. The molecule has 1 unspecified atom stereocenters. The number of halogens is 2. The topological polar surface area (TPSA) is 84.0 Å². The van der Waals surface area contributed by atoms with Crippen LogP contribution in [0.2, 0.25) is 0 Å². The molecule has 2 heterocycles. The zero-order valence-electron chi connectivity index (χ0n) is 12.0. The summed E-state index contributed by atoms with van der Waals surface area (Å²) in [5, 5.41) is 5.75. The highest BCUT2D eigenvalue weighted by Crippen LogP contribution is 2.21. The Morgan fingerprint density at radius 2 is 1.91 bits per heavy atom. The predicted molar refractivity (Wildman–Crippen MR) is 82.4 cm³/mol. The molecule has 0 saturated carbocycles. The molecule has 2 N–H and O–H groups in total. The van der Waals surface area contributed by atoms with Gasteiger partial charge in [0, 0.05) is 18.2 Å². The highest BCUT2D eigenvalue weighted by molar-refractivity contribution is 7.91. The molecule has 122 valence electrons. The monoisotopic (exact) mass is 340 g/mol. The van der Waals surface area contributed by atoms with Crippen LogP contribution in [0.4, 0.5) is 26.1 Å². The van der Waals surface area contributed by atoms with Crippen molar-refractivity contribution in [2.45, 2.75) is 12.5 Å². The average molecular weight is 340 g/mol. The summed E-state index contributed by atoms with van der Waals surface area (Å²) in [5.41, 5.74) is 0.0829. The van der Waals surface area contributed by atoms with Gasteiger partial charge in [0.2, 0.25) is 0 Å². The Kier molecular flexibility index (Phi) is 4.12. The number of aromatic nitrogens is 2. The summed E-state index contributed by atoms with van der Waals surface area (Å²) < 4.78 is 49.4. The maximum atomic E-state index is 13.6. The first-order valence-corrected chi connectivity index (χ1v) is 8.74. The number of anilines is 3. The van der Waals surface area contributed by atoms with Crippen molar-refractivity contribution in [3.8, 4) is 0 Å². The van der Waals surface area contributed by atoms with Crippen LogP contribution in [0, 0.1) is 11.6 Å². The minimum absolute atomic E-state index is 0.0619. The number of nitrogens with zero attached hydrogens (tertiary/aromatic N) is 2. The van der Waals surface area contributed by atoms with Crippen molar-refractivity contribution in [3.05, 3.63) is 42.2 Å². The van der Waals surface area contributed by atoms with Crippen LogP contribution >= 0.6 is 0 Å². The molecule has 1 saturated heterocycles. The Morgan fingerprint density at radius 1 is 1.13 bits per heavy atom. The van der Waals surface area contributed by atoms with Gasteiger partial charge < -0.3 is 10.6 Å². The normalized spacial score (nSPS) is 19.5. The fourth-order valence-electron chi connectivity index (χ4n) is 2.35. The van der Waals surface area contributed by atoms with E-state index in [1.165, 1.54) is 18.5 Å². The second kappa shape index (κ2) is 6.07. The van der Waals surface area contributed by atoms with E-state index in [1.54, 1.807) is 0 Å². The van der Waals surface area contributed by atoms with Crippen LogP contribution < -0.4 is 10.6 Å². The predicted octanol–water partition coefficient (Wildman–Crippen LogP) is 2.10. The molecule has 0 aliphatic carbocycles. The van der Waals surface area contributed by atoms with E-state index in [1.807, 2.05) is 0 Å². The number of sulfone groups is 1. The molecule has 2 aromatic rings. The van der Waals surface area contributed by atoms with E-state index in [4.69, 9.17) is 0 Å². The van der Waals surface area contributed by atoms with Gasteiger partial charge in [-0.1, -0.05) is 0 Å². The molecule has 1 aliphatic heterocycles. The summed E-state index contributed by atoms with van der Waals surface area (Å²) >= 11 is 0. The van der Waals surface area contributed by atoms with Gasteiger partial charge >= 0.3 is 0 Å². The summed E-state index contributed by atoms with van der Waals surface area (Å²) in [6.07, 6.45) is 1.79. The largest absolute Gasteiger partial charge is 0.366 e. The number of hydrogen-bond acceptors (Lipinski definition) is 6. The van der Waals surface area contributed by atoms with Gasteiger partial charge in [-0.15, -0.1) is 0 Å². The number of benzene rings is 1. The minimum atomic E-state index is -2.99. The van der Waals surface area contributed by atoms with Gasteiger partial charge in [-0.05, 0) is 18.6 Å². The van der Waals surface area contributed by atoms with Crippen molar-refractivity contribution >= 4 is 27.2 Å². The molecule has 0 radical (unpaired) electrons. The molecule has 3 rings (SSSR count). The van der Waals surface area contributed by atoms with Crippen LogP contribution in [0.3, 0.4) is 0 Å².